The molecule has 0 aliphatic carbocycles. The van der Waals surface area contributed by atoms with E-state index in [1.54, 1.807) is 6.92 Å². The minimum atomic E-state index is -0.828. The van der Waals surface area contributed by atoms with Crippen LogP contribution in [-0.4, -0.2) is 41.6 Å². The van der Waals surface area contributed by atoms with Gasteiger partial charge in [-0.1, -0.05) is 40.5 Å². The summed E-state index contributed by atoms with van der Waals surface area (Å²) in [7, 11) is 1.31. The first-order valence-corrected chi connectivity index (χ1v) is 9.49. The van der Waals surface area contributed by atoms with E-state index in [0.717, 1.165) is 10.0 Å². The van der Waals surface area contributed by atoms with Gasteiger partial charge in [-0.05, 0) is 31.4 Å². The summed E-state index contributed by atoms with van der Waals surface area (Å²) in [5, 5.41) is 11.6. The van der Waals surface area contributed by atoms with Gasteiger partial charge >= 0.3 is 18.0 Å². The lowest BCUT2D eigenvalue weighted by molar-refractivity contribution is -0.138. The Balaban J connectivity index is 2.25. The fraction of sp³-hybridized carbons (Fsp3) is 0.421. The number of allylic oxidation sites excluding steroid dienone is 1. The lowest BCUT2D eigenvalue weighted by atomic mass is 9.95. The van der Waals surface area contributed by atoms with Gasteiger partial charge in [0, 0.05) is 23.1 Å². The number of hydrogen-bond donors (Lipinski definition) is 2. The first kappa shape index (κ1) is 21.0. The van der Waals surface area contributed by atoms with Gasteiger partial charge < -0.3 is 15.2 Å². The second kappa shape index (κ2) is 9.55. The molecule has 1 aliphatic heterocycles. The number of rotatable bonds is 8. The summed E-state index contributed by atoms with van der Waals surface area (Å²) < 4.78 is 5.73. The average molecular weight is 439 g/mol. The molecule has 1 aromatic rings. The molecule has 1 heterocycles. The van der Waals surface area contributed by atoms with E-state index in [-0.39, 0.29) is 12.5 Å². The highest BCUT2D eigenvalue weighted by molar-refractivity contribution is 9.10. The summed E-state index contributed by atoms with van der Waals surface area (Å²) in [6.07, 6.45) is 1.99. The number of esters is 1. The standard InChI is InChI=1S/C19H23BrN2O5/c1-12-16(18(25)27-2)17(13-8-5-6-9-14(13)20)21-19(26)22(12)11-7-3-4-10-15(23)24/h5-6,8-9,17H,3-4,7,10-11H2,1-2H3,(H,21,26)(H,23,24)/t17-/m0/s1. The number of carbonyl (C=O) groups is 3. The lowest BCUT2D eigenvalue weighted by Gasteiger charge is -2.35. The maximum absolute atomic E-state index is 12.6. The summed E-state index contributed by atoms with van der Waals surface area (Å²) in [4.78, 5) is 37.2. The van der Waals surface area contributed by atoms with E-state index in [2.05, 4.69) is 21.2 Å². The Morgan fingerprint density at radius 2 is 1.96 bits per heavy atom. The molecular formula is C19H23BrN2O5. The van der Waals surface area contributed by atoms with E-state index in [1.807, 2.05) is 24.3 Å². The van der Waals surface area contributed by atoms with E-state index in [0.29, 0.717) is 37.1 Å². The van der Waals surface area contributed by atoms with Crippen LogP contribution in [0.1, 0.15) is 44.2 Å². The Bertz CT molecular complexity index is 762. The molecule has 2 rings (SSSR count). The van der Waals surface area contributed by atoms with Crippen LogP contribution in [0.2, 0.25) is 0 Å². The van der Waals surface area contributed by atoms with Crippen molar-refractivity contribution in [3.8, 4) is 0 Å². The molecule has 1 aliphatic rings. The molecule has 146 valence electrons. The van der Waals surface area contributed by atoms with Crippen molar-refractivity contribution in [1.29, 1.82) is 0 Å². The molecule has 1 atom stereocenters. The molecule has 7 nitrogen and oxygen atoms in total. The van der Waals surface area contributed by atoms with E-state index in [1.165, 1.54) is 12.0 Å². The number of urea groups is 1. The van der Waals surface area contributed by atoms with Crippen molar-refractivity contribution in [3.05, 3.63) is 45.6 Å². The molecule has 0 unspecified atom stereocenters. The first-order valence-electron chi connectivity index (χ1n) is 8.70. The van der Waals surface area contributed by atoms with Crippen LogP contribution in [-0.2, 0) is 14.3 Å². The van der Waals surface area contributed by atoms with Gasteiger partial charge in [0.15, 0.2) is 0 Å². The number of nitrogens with zero attached hydrogens (tertiary/aromatic N) is 1. The summed E-state index contributed by atoms with van der Waals surface area (Å²) in [6, 6.07) is 6.48. The Hall–Kier alpha value is -2.35. The minimum absolute atomic E-state index is 0.110. The quantitative estimate of drug-likeness (QED) is 0.477. The van der Waals surface area contributed by atoms with Crippen molar-refractivity contribution in [2.75, 3.05) is 13.7 Å². The number of hydrogen-bond acceptors (Lipinski definition) is 4. The Labute approximate surface area is 166 Å². The van der Waals surface area contributed by atoms with Gasteiger partial charge in [0.05, 0.1) is 18.7 Å². The number of aliphatic carboxylic acids is 1. The van der Waals surface area contributed by atoms with Crippen LogP contribution in [0.25, 0.3) is 0 Å². The maximum Gasteiger partial charge on any atom is 0.337 e. The van der Waals surface area contributed by atoms with Gasteiger partial charge in [-0.25, -0.2) is 9.59 Å². The summed E-state index contributed by atoms with van der Waals surface area (Å²) >= 11 is 3.47. The molecule has 27 heavy (non-hydrogen) atoms. The fourth-order valence-corrected chi connectivity index (χ4v) is 3.60. The van der Waals surface area contributed by atoms with Gasteiger partial charge in [-0.15, -0.1) is 0 Å². The SMILES string of the molecule is COC(=O)C1=C(C)N(CCCCCC(=O)O)C(=O)N[C@H]1c1ccccc1Br. The van der Waals surface area contributed by atoms with Crippen LogP contribution < -0.4 is 5.32 Å². The molecule has 0 spiro atoms. The number of methoxy groups -OCH3 is 1. The van der Waals surface area contributed by atoms with Crippen LogP contribution in [0, 0.1) is 0 Å². The van der Waals surface area contributed by atoms with E-state index in [9.17, 15) is 14.4 Å². The Morgan fingerprint density at radius 1 is 1.26 bits per heavy atom. The zero-order valence-electron chi connectivity index (χ0n) is 15.3. The van der Waals surface area contributed by atoms with Crippen molar-refractivity contribution in [3.63, 3.8) is 0 Å². The second-order valence-corrected chi connectivity index (χ2v) is 7.11. The van der Waals surface area contributed by atoms with Gasteiger partial charge in [0.1, 0.15) is 0 Å². The van der Waals surface area contributed by atoms with E-state index >= 15 is 0 Å². The summed E-state index contributed by atoms with van der Waals surface area (Å²) in [6.45, 7) is 2.13. The maximum atomic E-state index is 12.6. The third-order valence-corrected chi connectivity index (χ3v) is 5.21. The number of amides is 2. The molecule has 1 aromatic carbocycles. The predicted octanol–water partition coefficient (Wildman–Crippen LogP) is 3.61. The molecule has 8 heteroatoms. The van der Waals surface area contributed by atoms with E-state index < -0.39 is 18.0 Å². The normalized spacial score (nSPS) is 16.9. The van der Waals surface area contributed by atoms with Crippen LogP contribution in [0.15, 0.2) is 40.0 Å². The van der Waals surface area contributed by atoms with Gasteiger partial charge in [-0.2, -0.15) is 0 Å². The van der Waals surface area contributed by atoms with Crippen molar-refractivity contribution in [2.24, 2.45) is 0 Å². The van der Waals surface area contributed by atoms with Crippen molar-refractivity contribution >= 4 is 33.9 Å². The minimum Gasteiger partial charge on any atom is -0.481 e. The molecular weight excluding hydrogens is 416 g/mol. The third kappa shape index (κ3) is 5.09. The molecule has 0 saturated carbocycles. The lowest BCUT2D eigenvalue weighted by Crippen LogP contribution is -2.48. The Kier molecular flexibility index (Phi) is 7.41. The fourth-order valence-electron chi connectivity index (χ4n) is 3.09. The topological polar surface area (TPSA) is 95.9 Å². The van der Waals surface area contributed by atoms with Crippen molar-refractivity contribution in [1.82, 2.24) is 10.2 Å². The number of nitrogens with one attached hydrogen (secondary N) is 1. The number of carboxylic acid groups (broad SMARTS) is 1. The predicted molar refractivity (Wildman–Crippen MR) is 103 cm³/mol. The zero-order valence-corrected chi connectivity index (χ0v) is 16.9. The number of unbranched alkanes of at least 4 members (excludes halogenated alkanes) is 2. The van der Waals surface area contributed by atoms with Crippen molar-refractivity contribution in [2.45, 2.75) is 38.6 Å². The molecule has 0 bridgehead atoms. The van der Waals surface area contributed by atoms with E-state index in [4.69, 9.17) is 9.84 Å². The third-order valence-electron chi connectivity index (χ3n) is 4.49. The number of halogens is 1. The molecule has 2 amide bonds. The van der Waals surface area contributed by atoms with Gasteiger partial charge in [0.25, 0.3) is 0 Å². The van der Waals surface area contributed by atoms with Crippen LogP contribution in [0.4, 0.5) is 4.79 Å². The largest absolute Gasteiger partial charge is 0.481 e. The van der Waals surface area contributed by atoms with Crippen LogP contribution in [0.5, 0.6) is 0 Å². The van der Waals surface area contributed by atoms with Gasteiger partial charge in [-0.3, -0.25) is 9.69 Å². The van der Waals surface area contributed by atoms with Gasteiger partial charge in [0.2, 0.25) is 0 Å². The second-order valence-electron chi connectivity index (χ2n) is 6.25. The van der Waals surface area contributed by atoms with Crippen molar-refractivity contribution < 1.29 is 24.2 Å². The molecule has 0 saturated heterocycles. The highest BCUT2D eigenvalue weighted by Gasteiger charge is 2.36. The monoisotopic (exact) mass is 438 g/mol. The summed E-state index contributed by atoms with van der Waals surface area (Å²) in [5.41, 5.74) is 1.70. The Morgan fingerprint density at radius 3 is 2.59 bits per heavy atom. The average Bonchev–Trinajstić information content (AvgIpc) is 2.63. The van der Waals surface area contributed by atoms with Crippen LogP contribution >= 0.6 is 15.9 Å². The molecule has 2 N–H and O–H groups in total. The summed E-state index contributed by atoms with van der Waals surface area (Å²) in [5.74, 6) is -1.32. The number of carboxylic acids is 1. The highest BCUT2D eigenvalue weighted by Crippen LogP contribution is 2.34. The number of carbonyl (C=O) groups excluding carboxylic acids is 2. The number of ether oxygens (including phenoxy) is 1. The zero-order chi connectivity index (χ0) is 20.0. The molecule has 0 fully saturated rings. The molecule has 0 radical (unpaired) electrons. The smallest absolute Gasteiger partial charge is 0.337 e. The first-order chi connectivity index (χ1) is 12.9. The van der Waals surface area contributed by atoms with Crippen LogP contribution in [0.3, 0.4) is 0 Å². The molecule has 0 aromatic heterocycles. The number of benzene rings is 1. The highest BCUT2D eigenvalue weighted by atomic mass is 79.9.